The summed E-state index contributed by atoms with van der Waals surface area (Å²) in [4.78, 5) is 25.8. The lowest BCUT2D eigenvalue weighted by Crippen LogP contribution is -2.44. The minimum absolute atomic E-state index is 0.0391. The van der Waals surface area contributed by atoms with Crippen molar-refractivity contribution in [1.29, 1.82) is 0 Å². The van der Waals surface area contributed by atoms with Gasteiger partial charge in [-0.1, -0.05) is 60.7 Å². The van der Waals surface area contributed by atoms with Crippen molar-refractivity contribution in [3.63, 3.8) is 0 Å². The highest BCUT2D eigenvalue weighted by atomic mass is 16.7. The Bertz CT molecular complexity index is 1340. The number of nitrogens with zero attached hydrogens (tertiary/aromatic N) is 1. The lowest BCUT2D eigenvalue weighted by Gasteiger charge is -2.29. The van der Waals surface area contributed by atoms with Crippen molar-refractivity contribution in [3.8, 4) is 0 Å². The van der Waals surface area contributed by atoms with Crippen LogP contribution in [0.25, 0.3) is 27.2 Å². The van der Waals surface area contributed by atoms with Crippen LogP contribution in [0.4, 0.5) is 0 Å². The van der Waals surface area contributed by atoms with Crippen LogP contribution in [0.1, 0.15) is 25.8 Å². The molecule has 0 aliphatic carbocycles. The highest BCUT2D eigenvalue weighted by molar-refractivity contribution is 6.38. The molecule has 1 aliphatic heterocycles. The van der Waals surface area contributed by atoms with Crippen LogP contribution in [0.3, 0.4) is 0 Å². The number of aryl methyl sites for hydroxylation is 2. The molecular formula is C26H23NO4. The average molecular weight is 413 g/mol. The third-order valence-corrected chi connectivity index (χ3v) is 5.71. The Kier molecular flexibility index (Phi) is 4.54. The topological polar surface area (TPSA) is 57.5 Å². The third-order valence-electron chi connectivity index (χ3n) is 5.71. The number of hydrogen-bond acceptors (Lipinski definition) is 4. The Hall–Kier alpha value is -3.60. The van der Waals surface area contributed by atoms with E-state index in [0.29, 0.717) is 11.9 Å². The van der Waals surface area contributed by atoms with Crippen LogP contribution >= 0.6 is 0 Å². The number of ether oxygens (including phenoxy) is 2. The second kappa shape index (κ2) is 7.27. The molecule has 156 valence electrons. The van der Waals surface area contributed by atoms with Crippen molar-refractivity contribution in [2.45, 2.75) is 39.0 Å². The van der Waals surface area contributed by atoms with Crippen molar-refractivity contribution >= 4 is 39.2 Å². The van der Waals surface area contributed by atoms with E-state index in [2.05, 4.69) is 16.7 Å². The summed E-state index contributed by atoms with van der Waals surface area (Å²) in [5, 5.41) is 3.54. The van der Waals surface area contributed by atoms with Crippen LogP contribution in [-0.4, -0.2) is 22.3 Å². The Morgan fingerprint density at radius 3 is 2.23 bits per heavy atom. The van der Waals surface area contributed by atoms with E-state index in [4.69, 9.17) is 9.47 Å². The molecule has 1 saturated heterocycles. The summed E-state index contributed by atoms with van der Waals surface area (Å²) in [5.74, 6) is -2.56. The van der Waals surface area contributed by atoms with Gasteiger partial charge in [0.2, 0.25) is 0 Å². The number of rotatable bonds is 4. The number of esters is 2. The van der Waals surface area contributed by atoms with Gasteiger partial charge < -0.3 is 14.0 Å². The molecule has 0 amide bonds. The van der Waals surface area contributed by atoms with Gasteiger partial charge >= 0.3 is 11.9 Å². The first-order valence-electron chi connectivity index (χ1n) is 10.5. The van der Waals surface area contributed by atoms with E-state index in [-0.39, 0.29) is 5.57 Å². The number of aromatic nitrogens is 1. The van der Waals surface area contributed by atoms with Crippen LogP contribution in [-0.2, 0) is 32.0 Å². The minimum atomic E-state index is -1.27. The van der Waals surface area contributed by atoms with Gasteiger partial charge in [-0.2, -0.15) is 0 Å². The zero-order valence-electron chi connectivity index (χ0n) is 17.6. The van der Waals surface area contributed by atoms with E-state index in [1.165, 1.54) is 5.56 Å². The largest absolute Gasteiger partial charge is 0.419 e. The number of carbonyl (C=O) groups is 2. The second-order valence-corrected chi connectivity index (χ2v) is 8.32. The molecule has 1 aliphatic rings. The fraction of sp³-hybridized carbons (Fsp3) is 0.231. The Morgan fingerprint density at radius 1 is 0.839 bits per heavy atom. The van der Waals surface area contributed by atoms with Crippen molar-refractivity contribution in [2.75, 3.05) is 0 Å². The highest BCUT2D eigenvalue weighted by Crippen LogP contribution is 2.29. The number of hydrogen-bond donors (Lipinski definition) is 0. The monoisotopic (exact) mass is 413 g/mol. The predicted molar refractivity (Wildman–Crippen MR) is 119 cm³/mol. The maximum atomic E-state index is 12.9. The molecule has 2 heterocycles. The fourth-order valence-electron chi connectivity index (χ4n) is 4.44. The number of benzene rings is 3. The lowest BCUT2D eigenvalue weighted by molar-refractivity contribution is -0.217. The van der Waals surface area contributed by atoms with E-state index < -0.39 is 17.7 Å². The maximum Gasteiger partial charge on any atom is 0.351 e. The molecule has 3 aromatic carbocycles. The van der Waals surface area contributed by atoms with Crippen LogP contribution in [0.5, 0.6) is 0 Å². The summed E-state index contributed by atoms with van der Waals surface area (Å²) >= 11 is 0. The van der Waals surface area contributed by atoms with Gasteiger partial charge in [0.25, 0.3) is 5.79 Å². The van der Waals surface area contributed by atoms with Gasteiger partial charge in [-0.3, -0.25) is 0 Å². The van der Waals surface area contributed by atoms with Gasteiger partial charge in [-0.25, -0.2) is 9.59 Å². The summed E-state index contributed by atoms with van der Waals surface area (Å²) in [6.45, 7) is 3.78. The average Bonchev–Trinajstić information content (AvgIpc) is 3.03. The Morgan fingerprint density at radius 2 is 1.52 bits per heavy atom. The zero-order valence-corrected chi connectivity index (χ0v) is 17.6. The number of cyclic esters (lactones) is 2. The molecule has 0 N–H and O–H groups in total. The molecule has 31 heavy (non-hydrogen) atoms. The van der Waals surface area contributed by atoms with E-state index in [9.17, 15) is 9.59 Å². The first-order chi connectivity index (χ1) is 14.9. The van der Waals surface area contributed by atoms with E-state index in [1.54, 1.807) is 13.8 Å². The summed E-state index contributed by atoms with van der Waals surface area (Å²) in [6.07, 6.45) is 1.76. The van der Waals surface area contributed by atoms with Crippen LogP contribution in [0.2, 0.25) is 0 Å². The van der Waals surface area contributed by atoms with Crippen molar-refractivity contribution in [1.82, 2.24) is 4.57 Å². The fourth-order valence-corrected chi connectivity index (χ4v) is 4.44. The predicted octanol–water partition coefficient (Wildman–Crippen LogP) is 4.13. The standard InChI is InChI=1S/C26H23NO4/c1-26(2)30-24(28)22(25(29)31-26)23-19-14-6-12-18-13-7-15-20(21(18)19)27(23)16-8-11-17-9-4-3-5-10-17/h3-7,9-10,12-15H,8,11,16H2,1-2H3. The van der Waals surface area contributed by atoms with Crippen molar-refractivity contribution < 1.29 is 19.1 Å². The molecule has 0 bridgehead atoms. The van der Waals surface area contributed by atoms with E-state index in [0.717, 1.165) is 34.5 Å². The van der Waals surface area contributed by atoms with Gasteiger partial charge in [-0.15, -0.1) is 0 Å². The summed E-state index contributed by atoms with van der Waals surface area (Å²) in [7, 11) is 0. The molecular weight excluding hydrogens is 390 g/mol. The second-order valence-electron chi connectivity index (χ2n) is 8.32. The Balaban J connectivity index is 1.70. The van der Waals surface area contributed by atoms with Gasteiger partial charge in [0, 0.05) is 36.7 Å². The molecule has 4 aromatic rings. The summed E-state index contributed by atoms with van der Waals surface area (Å²) < 4.78 is 12.9. The minimum Gasteiger partial charge on any atom is -0.419 e. The summed E-state index contributed by atoms with van der Waals surface area (Å²) in [5.41, 5.74) is 2.21. The van der Waals surface area contributed by atoms with E-state index >= 15 is 0 Å². The normalized spacial score (nSPS) is 16.0. The SMILES string of the molecule is CC1(C)OC(=O)C(=c2c3cccc4cccc(c43)n2CCCc2ccccc2)C(=O)O1. The smallest absolute Gasteiger partial charge is 0.351 e. The maximum absolute atomic E-state index is 12.9. The van der Waals surface area contributed by atoms with Gasteiger partial charge in [-0.05, 0) is 29.9 Å². The summed E-state index contributed by atoms with van der Waals surface area (Å²) in [6, 6.07) is 22.3. The van der Waals surface area contributed by atoms with Gasteiger partial charge in [0.15, 0.2) is 5.57 Å². The molecule has 1 aromatic heterocycles. The quantitative estimate of drug-likeness (QED) is 0.472. The first-order valence-corrected chi connectivity index (χ1v) is 10.5. The molecule has 0 unspecified atom stereocenters. The van der Waals surface area contributed by atoms with Gasteiger partial charge in [0.05, 0.1) is 5.35 Å². The third kappa shape index (κ3) is 3.36. The van der Waals surface area contributed by atoms with Gasteiger partial charge in [0.1, 0.15) is 0 Å². The molecule has 1 fully saturated rings. The molecule has 0 atom stereocenters. The molecule has 0 saturated carbocycles. The van der Waals surface area contributed by atoms with Crippen LogP contribution < -0.4 is 5.35 Å². The van der Waals surface area contributed by atoms with Crippen molar-refractivity contribution in [2.24, 2.45) is 0 Å². The zero-order chi connectivity index (χ0) is 21.6. The molecule has 5 heteroatoms. The Labute approximate surface area is 179 Å². The number of carbonyl (C=O) groups excluding carboxylic acids is 2. The molecule has 0 spiro atoms. The van der Waals surface area contributed by atoms with E-state index in [1.807, 2.05) is 54.6 Å². The van der Waals surface area contributed by atoms with Crippen LogP contribution in [0.15, 0.2) is 66.7 Å². The first kappa shape index (κ1) is 19.4. The molecule has 5 nitrogen and oxygen atoms in total. The molecule has 5 rings (SSSR count). The van der Waals surface area contributed by atoms with Crippen molar-refractivity contribution in [3.05, 3.63) is 77.6 Å². The highest BCUT2D eigenvalue weighted by Gasteiger charge is 2.40. The lowest BCUT2D eigenvalue weighted by atomic mass is 10.1. The van der Waals surface area contributed by atoms with Crippen LogP contribution in [0, 0.1) is 0 Å². The molecule has 0 radical (unpaired) electrons.